The predicted molar refractivity (Wildman–Crippen MR) is 99.1 cm³/mol. The summed E-state index contributed by atoms with van der Waals surface area (Å²) in [6.07, 6.45) is 4.13. The van der Waals surface area contributed by atoms with Crippen molar-refractivity contribution in [1.29, 1.82) is 0 Å². The normalized spacial score (nSPS) is 10.5. The third-order valence-corrected chi connectivity index (χ3v) is 3.79. The van der Waals surface area contributed by atoms with Crippen molar-refractivity contribution in [2.45, 2.75) is 46.1 Å². The number of unbranched alkanes of at least 4 members (excludes halogenated alkanes) is 3. The van der Waals surface area contributed by atoms with Crippen LogP contribution in [0, 0.1) is 13.8 Å². The van der Waals surface area contributed by atoms with Crippen molar-refractivity contribution in [3.63, 3.8) is 0 Å². The van der Waals surface area contributed by atoms with Crippen LogP contribution in [-0.4, -0.2) is 23.1 Å². The maximum Gasteiger partial charge on any atom is 0.0893 e. The lowest BCUT2D eigenvalue weighted by Crippen LogP contribution is -1.99. The van der Waals surface area contributed by atoms with Gasteiger partial charge in [-0.1, -0.05) is 24.0 Å². The first kappa shape index (κ1) is 18.9. The zero-order valence-electron chi connectivity index (χ0n) is 15.0. The van der Waals surface area contributed by atoms with Crippen LogP contribution in [0.15, 0.2) is 35.4 Å². The highest BCUT2D eigenvalue weighted by Crippen LogP contribution is 2.18. The Kier molecular flexibility index (Phi) is 7.89. The quantitative estimate of drug-likeness (QED) is 0.260. The number of hydrogen-bond acceptors (Lipinski definition) is 4. The van der Waals surface area contributed by atoms with Gasteiger partial charge in [0.1, 0.15) is 0 Å². The van der Waals surface area contributed by atoms with Gasteiger partial charge in [-0.15, -0.1) is 0 Å². The van der Waals surface area contributed by atoms with E-state index in [0.29, 0.717) is 13.2 Å². The standard InChI is InChI=1S/C19H25N5O/c1-15-8-7-9-18(22-15)19-13-17(12-16(2)23-19)14-25-11-6-4-3-5-10-21-24-20/h7-9,12-13H,3-6,10-11,14H2,1-2H3. The summed E-state index contributed by atoms with van der Waals surface area (Å²) < 4.78 is 5.79. The second kappa shape index (κ2) is 10.4. The smallest absolute Gasteiger partial charge is 0.0893 e. The first-order valence-corrected chi connectivity index (χ1v) is 8.69. The van der Waals surface area contributed by atoms with E-state index in [-0.39, 0.29) is 0 Å². The van der Waals surface area contributed by atoms with Gasteiger partial charge >= 0.3 is 0 Å². The molecule has 2 rings (SSSR count). The summed E-state index contributed by atoms with van der Waals surface area (Å²) in [5, 5.41) is 3.53. The Morgan fingerprint density at radius 1 is 1.00 bits per heavy atom. The number of aryl methyl sites for hydroxylation is 2. The summed E-state index contributed by atoms with van der Waals surface area (Å²) in [6, 6.07) is 10.1. The molecule has 6 nitrogen and oxygen atoms in total. The molecule has 0 fully saturated rings. The van der Waals surface area contributed by atoms with Gasteiger partial charge in [0, 0.05) is 29.5 Å². The summed E-state index contributed by atoms with van der Waals surface area (Å²) in [5.41, 5.74) is 13.1. The fourth-order valence-electron chi connectivity index (χ4n) is 2.62. The molecule has 0 saturated heterocycles. The number of azide groups is 1. The monoisotopic (exact) mass is 339 g/mol. The maximum atomic E-state index is 8.20. The molecule has 25 heavy (non-hydrogen) atoms. The molecule has 0 aliphatic heterocycles. The van der Waals surface area contributed by atoms with E-state index in [1.54, 1.807) is 0 Å². The van der Waals surface area contributed by atoms with Crippen LogP contribution in [0.1, 0.15) is 42.6 Å². The second-order valence-corrected chi connectivity index (χ2v) is 6.09. The molecular weight excluding hydrogens is 314 g/mol. The number of rotatable bonds is 10. The Morgan fingerprint density at radius 3 is 2.60 bits per heavy atom. The summed E-state index contributed by atoms with van der Waals surface area (Å²) in [7, 11) is 0. The molecule has 0 bridgehead atoms. The summed E-state index contributed by atoms with van der Waals surface area (Å²) in [5.74, 6) is 0. The molecule has 2 heterocycles. The minimum Gasteiger partial charge on any atom is -0.377 e. The number of nitrogens with zero attached hydrogens (tertiary/aromatic N) is 5. The first-order valence-electron chi connectivity index (χ1n) is 8.69. The van der Waals surface area contributed by atoms with E-state index < -0.39 is 0 Å². The lowest BCUT2D eigenvalue weighted by atomic mass is 10.1. The molecule has 0 radical (unpaired) electrons. The highest BCUT2D eigenvalue weighted by atomic mass is 16.5. The van der Waals surface area contributed by atoms with Crippen LogP contribution in [0.2, 0.25) is 0 Å². The fourth-order valence-corrected chi connectivity index (χ4v) is 2.62. The Hall–Kier alpha value is -2.43. The van der Waals surface area contributed by atoms with E-state index >= 15 is 0 Å². The van der Waals surface area contributed by atoms with E-state index in [1.165, 1.54) is 0 Å². The van der Waals surface area contributed by atoms with Crippen LogP contribution in [0.25, 0.3) is 21.8 Å². The zero-order valence-corrected chi connectivity index (χ0v) is 15.0. The first-order chi connectivity index (χ1) is 12.2. The fraction of sp³-hybridized carbons (Fsp3) is 0.474. The van der Waals surface area contributed by atoms with Crippen LogP contribution >= 0.6 is 0 Å². The summed E-state index contributed by atoms with van der Waals surface area (Å²) in [6.45, 7) is 5.88. The van der Waals surface area contributed by atoms with Gasteiger partial charge in [-0.2, -0.15) is 0 Å². The molecule has 0 atom stereocenters. The molecule has 2 aromatic rings. The van der Waals surface area contributed by atoms with Crippen molar-refractivity contribution in [3.8, 4) is 11.4 Å². The van der Waals surface area contributed by atoms with Gasteiger partial charge in [-0.05, 0) is 62.0 Å². The van der Waals surface area contributed by atoms with Crippen molar-refractivity contribution in [2.75, 3.05) is 13.2 Å². The van der Waals surface area contributed by atoms with Gasteiger partial charge < -0.3 is 4.74 Å². The SMILES string of the molecule is Cc1cccc(-c2cc(COCCCCCCN=[N+]=[N-])cc(C)n2)n1. The minimum absolute atomic E-state index is 0.584. The average molecular weight is 339 g/mol. The van der Waals surface area contributed by atoms with Crippen molar-refractivity contribution < 1.29 is 4.74 Å². The van der Waals surface area contributed by atoms with Crippen molar-refractivity contribution in [1.82, 2.24) is 9.97 Å². The van der Waals surface area contributed by atoms with Gasteiger partial charge in [-0.3, -0.25) is 9.97 Å². The molecule has 0 unspecified atom stereocenters. The molecule has 0 aromatic carbocycles. The van der Waals surface area contributed by atoms with Crippen LogP contribution in [-0.2, 0) is 11.3 Å². The van der Waals surface area contributed by atoms with Gasteiger partial charge in [0.05, 0.1) is 18.0 Å². The molecule has 0 amide bonds. The van der Waals surface area contributed by atoms with Gasteiger partial charge in [0.25, 0.3) is 0 Å². The Morgan fingerprint density at radius 2 is 1.80 bits per heavy atom. The molecule has 0 saturated carbocycles. The molecular formula is C19H25N5O. The zero-order chi connectivity index (χ0) is 17.9. The Balaban J connectivity index is 1.79. The van der Waals surface area contributed by atoms with E-state index in [1.807, 2.05) is 32.0 Å². The number of ether oxygens (including phenoxy) is 1. The molecule has 0 spiro atoms. The highest BCUT2D eigenvalue weighted by molar-refractivity contribution is 5.55. The van der Waals surface area contributed by atoms with E-state index in [4.69, 9.17) is 10.3 Å². The summed E-state index contributed by atoms with van der Waals surface area (Å²) in [4.78, 5) is 11.9. The van der Waals surface area contributed by atoms with Crippen LogP contribution in [0.4, 0.5) is 0 Å². The van der Waals surface area contributed by atoms with Crippen LogP contribution < -0.4 is 0 Å². The average Bonchev–Trinajstić information content (AvgIpc) is 2.60. The van der Waals surface area contributed by atoms with Crippen molar-refractivity contribution in [2.24, 2.45) is 5.11 Å². The van der Waals surface area contributed by atoms with Gasteiger partial charge in [0.15, 0.2) is 0 Å². The second-order valence-electron chi connectivity index (χ2n) is 6.09. The Labute approximate surface area is 148 Å². The van der Waals surface area contributed by atoms with Crippen molar-refractivity contribution >= 4 is 0 Å². The molecule has 132 valence electrons. The lowest BCUT2D eigenvalue weighted by Gasteiger charge is -2.08. The third-order valence-electron chi connectivity index (χ3n) is 3.79. The third kappa shape index (κ3) is 6.91. The van der Waals surface area contributed by atoms with E-state index in [0.717, 1.165) is 60.6 Å². The molecule has 0 aliphatic rings. The van der Waals surface area contributed by atoms with Gasteiger partial charge in [-0.25, -0.2) is 0 Å². The van der Waals surface area contributed by atoms with E-state index in [9.17, 15) is 0 Å². The summed E-state index contributed by atoms with van der Waals surface area (Å²) >= 11 is 0. The van der Waals surface area contributed by atoms with Gasteiger partial charge in [0.2, 0.25) is 0 Å². The van der Waals surface area contributed by atoms with Crippen LogP contribution in [0.5, 0.6) is 0 Å². The largest absolute Gasteiger partial charge is 0.377 e. The lowest BCUT2D eigenvalue weighted by molar-refractivity contribution is 0.116. The maximum absolute atomic E-state index is 8.20. The number of hydrogen-bond donors (Lipinski definition) is 0. The van der Waals surface area contributed by atoms with Crippen LogP contribution in [0.3, 0.4) is 0 Å². The van der Waals surface area contributed by atoms with Crippen molar-refractivity contribution in [3.05, 3.63) is 57.7 Å². The molecule has 0 aliphatic carbocycles. The molecule has 0 N–H and O–H groups in total. The van der Waals surface area contributed by atoms with E-state index in [2.05, 4.69) is 32.1 Å². The predicted octanol–water partition coefficient (Wildman–Crippen LogP) is 5.15. The molecule has 6 heteroatoms. The minimum atomic E-state index is 0.584. The topological polar surface area (TPSA) is 83.8 Å². The number of pyridine rings is 2. The Bertz CT molecular complexity index is 726. The number of aromatic nitrogens is 2. The molecule has 2 aromatic heterocycles. The highest BCUT2D eigenvalue weighted by Gasteiger charge is 2.05.